The molecule has 1 aliphatic rings. The number of hydrogen-bond acceptors (Lipinski definition) is 4. The number of piperidine rings is 1. The molecule has 0 aliphatic carbocycles. The number of aliphatic hydroxyl groups is 1. The van der Waals surface area contributed by atoms with Gasteiger partial charge in [0.15, 0.2) is 0 Å². The summed E-state index contributed by atoms with van der Waals surface area (Å²) in [5.74, 6) is 0.665. The number of nitrogens with one attached hydrogen (secondary N) is 1. The van der Waals surface area contributed by atoms with Crippen LogP contribution >= 0.6 is 0 Å². The van der Waals surface area contributed by atoms with Gasteiger partial charge in [-0.2, -0.15) is 0 Å². The lowest BCUT2D eigenvalue weighted by atomic mass is 10.1. The monoisotopic (exact) mass is 259 g/mol. The maximum Gasteiger partial charge on any atom is 0.258 e. The predicted molar refractivity (Wildman–Crippen MR) is 72.9 cm³/mol. The van der Waals surface area contributed by atoms with Gasteiger partial charge in [0.1, 0.15) is 5.82 Å². The molecule has 1 aromatic carbocycles. The van der Waals surface area contributed by atoms with Crippen LogP contribution in [0.2, 0.25) is 0 Å². The minimum atomic E-state index is -0.263. The molecule has 2 N–H and O–H groups in total. The molecule has 100 valence electrons. The van der Waals surface area contributed by atoms with Crippen LogP contribution < -0.4 is 5.56 Å². The Morgan fingerprint density at radius 3 is 3.11 bits per heavy atom. The molecule has 19 heavy (non-hydrogen) atoms. The van der Waals surface area contributed by atoms with Crippen LogP contribution in [-0.4, -0.2) is 39.2 Å². The van der Waals surface area contributed by atoms with E-state index in [9.17, 15) is 9.90 Å². The lowest BCUT2D eigenvalue weighted by molar-refractivity contribution is 0.0655. The molecule has 0 amide bonds. The minimum Gasteiger partial charge on any atom is -0.392 e. The Labute approximate surface area is 110 Å². The summed E-state index contributed by atoms with van der Waals surface area (Å²) in [6.45, 7) is 2.17. The fourth-order valence-electron chi connectivity index (χ4n) is 2.60. The van der Waals surface area contributed by atoms with Crippen LogP contribution in [0, 0.1) is 0 Å². The second-order valence-electron chi connectivity index (χ2n) is 5.06. The van der Waals surface area contributed by atoms with Crippen LogP contribution in [-0.2, 0) is 6.54 Å². The van der Waals surface area contributed by atoms with E-state index in [1.807, 2.05) is 18.2 Å². The van der Waals surface area contributed by atoms with Gasteiger partial charge >= 0.3 is 0 Å². The molecular formula is C14H17N3O2. The predicted octanol–water partition coefficient (Wildman–Crippen LogP) is 0.880. The average molecular weight is 259 g/mol. The van der Waals surface area contributed by atoms with Crippen molar-refractivity contribution in [3.05, 3.63) is 40.4 Å². The first-order chi connectivity index (χ1) is 9.22. The van der Waals surface area contributed by atoms with Crippen molar-refractivity contribution in [2.75, 3.05) is 13.1 Å². The van der Waals surface area contributed by atoms with Crippen molar-refractivity contribution >= 4 is 10.9 Å². The maximum absolute atomic E-state index is 11.9. The first kappa shape index (κ1) is 12.3. The summed E-state index contributed by atoms with van der Waals surface area (Å²) in [7, 11) is 0. The molecule has 5 heteroatoms. The van der Waals surface area contributed by atoms with E-state index in [1.165, 1.54) is 0 Å². The Morgan fingerprint density at radius 1 is 1.42 bits per heavy atom. The van der Waals surface area contributed by atoms with E-state index in [1.54, 1.807) is 6.07 Å². The fraction of sp³-hybridized carbons (Fsp3) is 0.429. The molecule has 0 spiro atoms. The number of aromatic nitrogens is 2. The van der Waals surface area contributed by atoms with Gasteiger partial charge in [0, 0.05) is 6.54 Å². The molecule has 0 saturated carbocycles. The number of nitrogens with zero attached hydrogens (tertiary/aromatic N) is 2. The molecule has 1 saturated heterocycles. The van der Waals surface area contributed by atoms with Gasteiger partial charge < -0.3 is 10.1 Å². The molecule has 0 radical (unpaired) electrons. The fourth-order valence-corrected chi connectivity index (χ4v) is 2.60. The Kier molecular flexibility index (Phi) is 3.31. The molecule has 1 unspecified atom stereocenters. The van der Waals surface area contributed by atoms with Crippen molar-refractivity contribution in [1.29, 1.82) is 0 Å². The number of rotatable bonds is 2. The second kappa shape index (κ2) is 5.11. The van der Waals surface area contributed by atoms with Gasteiger partial charge in [-0.3, -0.25) is 9.69 Å². The largest absolute Gasteiger partial charge is 0.392 e. The smallest absolute Gasteiger partial charge is 0.258 e. The average Bonchev–Trinajstić information content (AvgIpc) is 2.39. The number of aromatic amines is 1. The molecular weight excluding hydrogens is 242 g/mol. The first-order valence-corrected chi connectivity index (χ1v) is 6.61. The van der Waals surface area contributed by atoms with Crippen LogP contribution in [0.3, 0.4) is 0 Å². The lowest BCUT2D eigenvalue weighted by Gasteiger charge is -2.29. The highest BCUT2D eigenvalue weighted by molar-refractivity contribution is 5.77. The van der Waals surface area contributed by atoms with Gasteiger partial charge in [-0.15, -0.1) is 0 Å². The van der Waals surface area contributed by atoms with Crippen molar-refractivity contribution in [3.63, 3.8) is 0 Å². The van der Waals surface area contributed by atoms with Crippen molar-refractivity contribution < 1.29 is 5.11 Å². The number of para-hydroxylation sites is 1. The number of likely N-dealkylation sites (tertiary alicyclic amines) is 1. The number of aliphatic hydroxyl groups excluding tert-OH is 1. The van der Waals surface area contributed by atoms with Crippen LogP contribution in [0.1, 0.15) is 18.7 Å². The summed E-state index contributed by atoms with van der Waals surface area (Å²) >= 11 is 0. The Balaban J connectivity index is 1.87. The molecule has 3 rings (SSSR count). The van der Waals surface area contributed by atoms with Gasteiger partial charge in [0.2, 0.25) is 0 Å². The zero-order valence-electron chi connectivity index (χ0n) is 10.7. The van der Waals surface area contributed by atoms with Crippen LogP contribution in [0.15, 0.2) is 29.1 Å². The number of H-pyrrole nitrogens is 1. The number of benzene rings is 1. The van der Waals surface area contributed by atoms with Crippen molar-refractivity contribution in [2.45, 2.75) is 25.5 Å². The summed E-state index contributed by atoms with van der Waals surface area (Å²) in [4.78, 5) is 21.4. The zero-order chi connectivity index (χ0) is 13.2. The Bertz CT molecular complexity index is 638. The Hall–Kier alpha value is -1.72. The number of β-amino-alcohol motifs (C(OH)–C–C–N with tert-alkyl or cyclic N) is 1. The molecule has 0 bridgehead atoms. The van der Waals surface area contributed by atoms with Crippen molar-refractivity contribution in [2.24, 2.45) is 0 Å². The van der Waals surface area contributed by atoms with E-state index in [-0.39, 0.29) is 11.7 Å². The molecule has 1 aromatic heterocycles. The molecule has 5 nitrogen and oxygen atoms in total. The summed E-state index contributed by atoms with van der Waals surface area (Å²) in [5, 5.41) is 10.3. The second-order valence-corrected chi connectivity index (χ2v) is 5.06. The molecule has 1 aliphatic heterocycles. The summed E-state index contributed by atoms with van der Waals surface area (Å²) in [6.07, 6.45) is 1.58. The van der Waals surface area contributed by atoms with E-state index in [2.05, 4.69) is 14.9 Å². The minimum absolute atomic E-state index is 0.0989. The van der Waals surface area contributed by atoms with E-state index < -0.39 is 0 Å². The van der Waals surface area contributed by atoms with E-state index >= 15 is 0 Å². The van der Waals surface area contributed by atoms with Gasteiger partial charge in [0.25, 0.3) is 5.56 Å². The van der Waals surface area contributed by atoms with Crippen LogP contribution in [0.5, 0.6) is 0 Å². The third kappa shape index (κ3) is 2.67. The number of fused-ring (bicyclic) bond motifs is 1. The van der Waals surface area contributed by atoms with Gasteiger partial charge in [-0.1, -0.05) is 12.1 Å². The summed E-state index contributed by atoms with van der Waals surface area (Å²) < 4.78 is 0. The maximum atomic E-state index is 11.9. The van der Waals surface area contributed by atoms with Gasteiger partial charge in [0.05, 0.1) is 23.6 Å². The van der Waals surface area contributed by atoms with E-state index in [4.69, 9.17) is 0 Å². The highest BCUT2D eigenvalue weighted by Gasteiger charge is 2.18. The van der Waals surface area contributed by atoms with E-state index in [0.717, 1.165) is 24.9 Å². The van der Waals surface area contributed by atoms with Crippen LogP contribution in [0.4, 0.5) is 0 Å². The third-order valence-corrected chi connectivity index (χ3v) is 3.52. The van der Waals surface area contributed by atoms with Crippen molar-refractivity contribution in [1.82, 2.24) is 14.9 Å². The molecule has 1 fully saturated rings. The Morgan fingerprint density at radius 2 is 2.26 bits per heavy atom. The van der Waals surface area contributed by atoms with Gasteiger partial charge in [-0.25, -0.2) is 4.98 Å². The molecule has 2 aromatic rings. The third-order valence-electron chi connectivity index (χ3n) is 3.52. The van der Waals surface area contributed by atoms with Crippen molar-refractivity contribution in [3.8, 4) is 0 Å². The molecule has 1 atom stereocenters. The quantitative estimate of drug-likeness (QED) is 0.840. The summed E-state index contributed by atoms with van der Waals surface area (Å²) in [6, 6.07) is 7.33. The first-order valence-electron chi connectivity index (χ1n) is 6.61. The molecule has 2 heterocycles. The van der Waals surface area contributed by atoms with Gasteiger partial charge in [-0.05, 0) is 31.5 Å². The summed E-state index contributed by atoms with van der Waals surface area (Å²) in [5.41, 5.74) is 0.622. The normalized spacial score (nSPS) is 20.8. The lowest BCUT2D eigenvalue weighted by Crippen LogP contribution is -2.38. The van der Waals surface area contributed by atoms with E-state index in [0.29, 0.717) is 24.3 Å². The SMILES string of the molecule is O=c1[nH]c(CN2CCCC(O)C2)nc2ccccc12. The number of hydrogen-bond donors (Lipinski definition) is 2. The highest BCUT2D eigenvalue weighted by atomic mass is 16.3. The van der Waals surface area contributed by atoms with Crippen LogP contribution in [0.25, 0.3) is 10.9 Å². The topological polar surface area (TPSA) is 69.2 Å². The zero-order valence-corrected chi connectivity index (χ0v) is 10.7. The highest BCUT2D eigenvalue weighted by Crippen LogP contribution is 2.12. The standard InChI is InChI=1S/C14H17N3O2/c18-10-4-3-7-17(8-10)9-13-15-12-6-2-1-5-11(12)14(19)16-13/h1-2,5-6,10,18H,3-4,7-9H2,(H,15,16,19).